The number of halogens is 2. The van der Waals surface area contributed by atoms with Gasteiger partial charge in [-0.25, -0.2) is 0 Å². The van der Waals surface area contributed by atoms with Gasteiger partial charge in [-0.2, -0.15) is 0 Å². The monoisotopic (exact) mass is 312 g/mol. The number of hydrogen-bond acceptors (Lipinski definition) is 2. The van der Waals surface area contributed by atoms with Crippen molar-refractivity contribution in [2.75, 3.05) is 0 Å². The highest BCUT2D eigenvalue weighted by Gasteiger charge is 2.34. The van der Waals surface area contributed by atoms with Crippen LogP contribution in [0.15, 0.2) is 60.7 Å². The van der Waals surface area contributed by atoms with Crippen molar-refractivity contribution in [1.29, 1.82) is 0 Å². The Hall–Kier alpha value is -0.843. The predicted molar refractivity (Wildman–Crippen MR) is 79.9 cm³/mol. The number of hydrogen-bond donors (Lipinski definition) is 0. The fourth-order valence-corrected chi connectivity index (χ4v) is 2.93. The Morgan fingerprint density at radius 1 is 0.684 bits per heavy atom. The average Bonchev–Trinajstić information content (AvgIpc) is 2.46. The summed E-state index contributed by atoms with van der Waals surface area (Å²) in [6.07, 6.45) is 0. The highest BCUT2D eigenvalue weighted by molar-refractivity contribution is 7.39. The van der Waals surface area contributed by atoms with Crippen molar-refractivity contribution < 1.29 is 8.85 Å². The fourth-order valence-electron chi connectivity index (χ4n) is 1.52. The van der Waals surface area contributed by atoms with Gasteiger partial charge in [0.1, 0.15) is 0 Å². The zero-order chi connectivity index (χ0) is 13.6. The Labute approximate surface area is 123 Å². The van der Waals surface area contributed by atoms with E-state index in [4.69, 9.17) is 31.0 Å². The summed E-state index contributed by atoms with van der Waals surface area (Å²) >= 11 is 12.2. The van der Waals surface area contributed by atoms with Gasteiger partial charge in [-0.3, -0.25) is 0 Å². The summed E-state index contributed by atoms with van der Waals surface area (Å²) in [5.74, 6) is 0. The van der Waals surface area contributed by atoms with Gasteiger partial charge in [-0.1, -0.05) is 82.8 Å². The molecule has 0 saturated carbocycles. The van der Waals surface area contributed by atoms with Gasteiger partial charge in [0.05, 0.1) is 13.2 Å². The van der Waals surface area contributed by atoms with E-state index in [0.29, 0.717) is 13.2 Å². The molecule has 0 aliphatic heterocycles. The maximum absolute atomic E-state index is 6.10. The molecule has 100 valence electrons. The molecule has 2 aromatic carbocycles. The van der Waals surface area contributed by atoms with Crippen LogP contribution in [-0.4, -0.2) is 7.18 Å². The van der Waals surface area contributed by atoms with Crippen molar-refractivity contribution >= 4 is 29.3 Å². The summed E-state index contributed by atoms with van der Waals surface area (Å²) in [7, 11) is -3.12. The minimum atomic E-state index is -3.12. The van der Waals surface area contributed by atoms with Crippen molar-refractivity contribution in [3.05, 3.63) is 71.8 Å². The largest absolute Gasteiger partial charge is 0.552 e. The van der Waals surface area contributed by atoms with Gasteiger partial charge in [-0.15, -0.1) is 0 Å². The molecule has 0 aliphatic carbocycles. The zero-order valence-electron chi connectivity index (χ0n) is 10.3. The van der Waals surface area contributed by atoms with Gasteiger partial charge in [-0.05, 0) is 11.1 Å². The third kappa shape index (κ3) is 5.34. The second-order valence-corrected chi connectivity index (χ2v) is 9.08. The Morgan fingerprint density at radius 2 is 1.05 bits per heavy atom. The third-order valence-corrected chi connectivity index (χ3v) is 4.77. The molecule has 0 N–H and O–H groups in total. The molecule has 0 bridgehead atoms. The van der Waals surface area contributed by atoms with Gasteiger partial charge in [0.25, 0.3) is 0 Å². The van der Waals surface area contributed by atoms with Gasteiger partial charge in [0.2, 0.25) is 0 Å². The van der Waals surface area contributed by atoms with Crippen LogP contribution in [0, 0.1) is 0 Å². The summed E-state index contributed by atoms with van der Waals surface area (Å²) in [6, 6.07) is 19.5. The molecule has 0 radical (unpaired) electrons. The van der Waals surface area contributed by atoms with E-state index in [1.807, 2.05) is 60.7 Å². The maximum Gasteiger partial charge on any atom is 0.552 e. The molecule has 2 rings (SSSR count). The van der Waals surface area contributed by atoms with Crippen LogP contribution in [0.5, 0.6) is 0 Å². The molecule has 0 atom stereocenters. The van der Waals surface area contributed by atoms with E-state index in [2.05, 4.69) is 0 Å². The summed E-state index contributed by atoms with van der Waals surface area (Å²) in [6.45, 7) is 0.712. The second kappa shape index (κ2) is 7.08. The molecular weight excluding hydrogens is 299 g/mol. The van der Waals surface area contributed by atoms with Gasteiger partial charge < -0.3 is 8.85 Å². The Kier molecular flexibility index (Phi) is 5.42. The van der Waals surface area contributed by atoms with E-state index >= 15 is 0 Å². The first kappa shape index (κ1) is 14.6. The number of rotatable bonds is 6. The van der Waals surface area contributed by atoms with Crippen LogP contribution in [0.25, 0.3) is 0 Å². The van der Waals surface area contributed by atoms with Crippen molar-refractivity contribution in [2.24, 2.45) is 0 Å². The normalized spacial score (nSPS) is 11.5. The van der Waals surface area contributed by atoms with E-state index in [-0.39, 0.29) is 0 Å². The van der Waals surface area contributed by atoms with Crippen LogP contribution in [0.1, 0.15) is 11.1 Å². The molecule has 0 unspecified atom stereocenters. The first-order chi connectivity index (χ1) is 9.16. The van der Waals surface area contributed by atoms with Crippen LogP contribution < -0.4 is 0 Å². The minimum Gasteiger partial charge on any atom is -0.367 e. The molecule has 0 amide bonds. The molecular formula is C14H14Cl2O2Si. The van der Waals surface area contributed by atoms with Crippen molar-refractivity contribution in [3.8, 4) is 0 Å². The van der Waals surface area contributed by atoms with Crippen LogP contribution in [0.4, 0.5) is 0 Å². The summed E-state index contributed by atoms with van der Waals surface area (Å²) in [4.78, 5) is 0. The third-order valence-electron chi connectivity index (χ3n) is 2.50. The SMILES string of the molecule is Cl[Si](Cl)(OCc1ccccc1)OCc1ccccc1. The molecule has 0 aromatic heterocycles. The van der Waals surface area contributed by atoms with Crippen molar-refractivity contribution in [1.82, 2.24) is 0 Å². The van der Waals surface area contributed by atoms with Gasteiger partial charge in [0, 0.05) is 0 Å². The topological polar surface area (TPSA) is 18.5 Å². The molecule has 0 aliphatic rings. The highest BCUT2D eigenvalue weighted by atomic mass is 35.7. The van der Waals surface area contributed by atoms with E-state index in [1.165, 1.54) is 0 Å². The summed E-state index contributed by atoms with van der Waals surface area (Å²) in [5, 5.41) is 0. The quantitative estimate of drug-likeness (QED) is 0.583. The van der Waals surface area contributed by atoms with Crippen LogP contribution in [0.2, 0.25) is 0 Å². The van der Waals surface area contributed by atoms with Crippen LogP contribution in [0.3, 0.4) is 0 Å². The number of benzene rings is 2. The lowest BCUT2D eigenvalue weighted by Crippen LogP contribution is -2.29. The van der Waals surface area contributed by atoms with E-state index < -0.39 is 7.18 Å². The lowest BCUT2D eigenvalue weighted by molar-refractivity contribution is 0.189. The van der Waals surface area contributed by atoms with E-state index in [0.717, 1.165) is 11.1 Å². The molecule has 0 spiro atoms. The standard InChI is InChI=1S/C14H14Cl2O2Si/c15-19(16,17-11-13-7-3-1-4-8-13)18-12-14-9-5-2-6-10-14/h1-10H,11-12H2. The molecule has 2 nitrogen and oxygen atoms in total. The molecule has 2 aromatic rings. The lowest BCUT2D eigenvalue weighted by Gasteiger charge is -2.17. The molecule has 0 fully saturated rings. The van der Waals surface area contributed by atoms with Crippen molar-refractivity contribution in [3.63, 3.8) is 0 Å². The van der Waals surface area contributed by atoms with E-state index in [1.54, 1.807) is 0 Å². The second-order valence-electron chi connectivity index (χ2n) is 4.01. The first-order valence-corrected chi connectivity index (χ1v) is 9.73. The fraction of sp³-hybridized carbons (Fsp3) is 0.143. The highest BCUT2D eigenvalue weighted by Crippen LogP contribution is 2.21. The lowest BCUT2D eigenvalue weighted by atomic mass is 10.2. The average molecular weight is 313 g/mol. The Morgan fingerprint density at radius 3 is 1.42 bits per heavy atom. The first-order valence-electron chi connectivity index (χ1n) is 5.89. The zero-order valence-corrected chi connectivity index (χ0v) is 12.8. The van der Waals surface area contributed by atoms with Crippen LogP contribution >= 0.6 is 22.2 Å². The summed E-state index contributed by atoms with van der Waals surface area (Å²) in [5.41, 5.74) is 2.04. The summed E-state index contributed by atoms with van der Waals surface area (Å²) < 4.78 is 11.0. The maximum atomic E-state index is 6.10. The van der Waals surface area contributed by atoms with Crippen LogP contribution in [-0.2, 0) is 22.1 Å². The smallest absolute Gasteiger partial charge is 0.367 e. The van der Waals surface area contributed by atoms with E-state index in [9.17, 15) is 0 Å². The van der Waals surface area contributed by atoms with Gasteiger partial charge in [0.15, 0.2) is 0 Å². The van der Waals surface area contributed by atoms with Crippen molar-refractivity contribution in [2.45, 2.75) is 13.2 Å². The van der Waals surface area contributed by atoms with Gasteiger partial charge >= 0.3 is 7.18 Å². The molecule has 5 heteroatoms. The minimum absolute atomic E-state index is 0.356. The predicted octanol–water partition coefficient (Wildman–Crippen LogP) is 4.33. The Bertz CT molecular complexity index is 446. The molecule has 0 heterocycles. The molecule has 19 heavy (non-hydrogen) atoms. The Balaban J connectivity index is 1.82. The molecule has 0 saturated heterocycles.